The number of hydrogen-bond donors (Lipinski definition) is 0. The normalized spacial score (nSPS) is 15.8. The Hall–Kier alpha value is -1.21. The molecule has 0 spiro atoms. The first-order valence-electron chi connectivity index (χ1n) is 5.51. The number of rotatable bonds is 2. The highest BCUT2D eigenvalue weighted by Gasteiger charge is 2.35. The summed E-state index contributed by atoms with van der Waals surface area (Å²) in [5.41, 5.74) is 0.398. The van der Waals surface area contributed by atoms with E-state index in [1.54, 1.807) is 0 Å². The van der Waals surface area contributed by atoms with Crippen LogP contribution in [0.4, 0.5) is 13.2 Å². The third-order valence-electron chi connectivity index (χ3n) is 2.66. The van der Waals surface area contributed by atoms with E-state index in [1.165, 1.54) is 12.3 Å². The van der Waals surface area contributed by atoms with Crippen molar-refractivity contribution >= 4 is 22.9 Å². The fourth-order valence-electron chi connectivity index (χ4n) is 1.61. The van der Waals surface area contributed by atoms with E-state index >= 15 is 0 Å². The monoisotopic (exact) mass is 305 g/mol. The lowest BCUT2D eigenvalue weighted by atomic mass is 10.3. The number of thiazole rings is 1. The van der Waals surface area contributed by atoms with E-state index in [0.29, 0.717) is 27.7 Å². The lowest BCUT2D eigenvalue weighted by Gasteiger charge is -2.02. The van der Waals surface area contributed by atoms with E-state index in [1.807, 2.05) is 0 Å². The van der Waals surface area contributed by atoms with Crippen LogP contribution in [0.25, 0.3) is 10.6 Å². The quantitative estimate of drug-likeness (QED) is 0.782. The Kier molecular flexibility index (Phi) is 2.98. The molecular weight excluding hydrogens is 299 g/mol. The van der Waals surface area contributed by atoms with Crippen molar-refractivity contribution < 1.29 is 13.2 Å². The molecule has 2 aromatic rings. The third-order valence-corrected chi connectivity index (χ3v) is 3.91. The Morgan fingerprint density at radius 3 is 2.58 bits per heavy atom. The van der Waals surface area contributed by atoms with Crippen LogP contribution in [0.15, 0.2) is 12.3 Å². The van der Waals surface area contributed by atoms with Crippen molar-refractivity contribution in [1.82, 2.24) is 15.0 Å². The summed E-state index contributed by atoms with van der Waals surface area (Å²) in [7, 11) is 0. The fourth-order valence-corrected chi connectivity index (χ4v) is 2.54. The van der Waals surface area contributed by atoms with E-state index in [-0.39, 0.29) is 11.1 Å². The highest BCUT2D eigenvalue weighted by molar-refractivity contribution is 7.15. The minimum Gasteiger partial charge on any atom is -0.240 e. The molecule has 0 aliphatic heterocycles. The minimum atomic E-state index is -4.43. The van der Waals surface area contributed by atoms with Crippen molar-refractivity contribution in [3.8, 4) is 10.6 Å². The largest absolute Gasteiger partial charge is 0.443 e. The molecule has 0 aromatic carbocycles. The highest BCUT2D eigenvalue weighted by Crippen LogP contribution is 2.40. The molecule has 3 nitrogen and oxygen atoms in total. The smallest absolute Gasteiger partial charge is 0.240 e. The molecule has 1 aliphatic carbocycles. The van der Waals surface area contributed by atoms with Crippen LogP contribution in [0.1, 0.15) is 29.6 Å². The average molecular weight is 306 g/mol. The molecule has 3 rings (SSSR count). The van der Waals surface area contributed by atoms with E-state index in [4.69, 9.17) is 11.6 Å². The first kappa shape index (κ1) is 12.8. The summed E-state index contributed by atoms with van der Waals surface area (Å²) in [4.78, 5) is 12.1. The van der Waals surface area contributed by atoms with Crippen molar-refractivity contribution in [2.24, 2.45) is 0 Å². The van der Waals surface area contributed by atoms with Gasteiger partial charge in [-0.1, -0.05) is 11.6 Å². The Labute approximate surface area is 115 Å². The van der Waals surface area contributed by atoms with E-state index in [2.05, 4.69) is 15.0 Å². The van der Waals surface area contributed by atoms with Crippen LogP contribution in [0.5, 0.6) is 0 Å². The van der Waals surface area contributed by atoms with Crippen LogP contribution in [0, 0.1) is 0 Å². The summed E-state index contributed by atoms with van der Waals surface area (Å²) in [5.74, 6) is 0.886. The zero-order chi connectivity index (χ0) is 13.6. The number of alkyl halides is 3. The molecule has 1 aliphatic rings. The SMILES string of the molecule is FC(F)(F)c1ncc(-c2cc(Cl)nc(C3CC3)n2)s1. The van der Waals surface area contributed by atoms with Gasteiger partial charge in [-0.15, -0.1) is 11.3 Å². The van der Waals surface area contributed by atoms with Crippen molar-refractivity contribution in [2.75, 3.05) is 0 Å². The molecule has 0 saturated heterocycles. The first-order chi connectivity index (χ1) is 8.93. The Morgan fingerprint density at radius 1 is 1.26 bits per heavy atom. The highest BCUT2D eigenvalue weighted by atomic mass is 35.5. The maximum absolute atomic E-state index is 12.5. The number of hydrogen-bond acceptors (Lipinski definition) is 4. The molecule has 2 heterocycles. The summed E-state index contributed by atoms with van der Waals surface area (Å²) in [6.07, 6.45) is -1.27. The number of nitrogens with zero attached hydrogens (tertiary/aromatic N) is 3. The molecule has 2 aromatic heterocycles. The van der Waals surface area contributed by atoms with Crippen molar-refractivity contribution in [3.05, 3.63) is 28.2 Å². The van der Waals surface area contributed by atoms with Gasteiger partial charge in [0, 0.05) is 18.2 Å². The molecule has 0 amide bonds. The van der Waals surface area contributed by atoms with Gasteiger partial charge >= 0.3 is 6.18 Å². The van der Waals surface area contributed by atoms with Gasteiger partial charge in [0.15, 0.2) is 5.01 Å². The zero-order valence-electron chi connectivity index (χ0n) is 9.41. The van der Waals surface area contributed by atoms with Gasteiger partial charge in [0.2, 0.25) is 0 Å². The second kappa shape index (κ2) is 4.42. The van der Waals surface area contributed by atoms with Crippen LogP contribution < -0.4 is 0 Å². The van der Waals surface area contributed by atoms with Crippen molar-refractivity contribution in [1.29, 1.82) is 0 Å². The molecule has 19 heavy (non-hydrogen) atoms. The lowest BCUT2D eigenvalue weighted by Crippen LogP contribution is -2.02. The first-order valence-corrected chi connectivity index (χ1v) is 6.71. The summed E-state index contributed by atoms with van der Waals surface area (Å²) in [6.45, 7) is 0. The van der Waals surface area contributed by atoms with Crippen LogP contribution in [-0.2, 0) is 6.18 Å². The maximum atomic E-state index is 12.5. The van der Waals surface area contributed by atoms with Gasteiger partial charge < -0.3 is 0 Å². The second-order valence-electron chi connectivity index (χ2n) is 4.24. The standard InChI is InChI=1S/C11H7ClF3N3S/c12-8-3-6(17-9(18-8)5-1-2-5)7-4-16-10(19-7)11(13,14)15/h3-5H,1-2H2. The molecule has 0 N–H and O–H groups in total. The molecule has 0 radical (unpaired) electrons. The fraction of sp³-hybridized carbons (Fsp3) is 0.364. The molecular formula is C11H7ClF3N3S. The van der Waals surface area contributed by atoms with E-state index in [0.717, 1.165) is 12.8 Å². The van der Waals surface area contributed by atoms with Crippen molar-refractivity contribution in [2.45, 2.75) is 24.9 Å². The van der Waals surface area contributed by atoms with Gasteiger partial charge in [0.05, 0.1) is 10.6 Å². The minimum absolute atomic E-state index is 0.244. The van der Waals surface area contributed by atoms with Crippen LogP contribution in [0.2, 0.25) is 5.15 Å². The van der Waals surface area contributed by atoms with Crippen LogP contribution >= 0.6 is 22.9 Å². The molecule has 1 saturated carbocycles. The summed E-state index contributed by atoms with van der Waals surface area (Å²) in [6, 6.07) is 1.46. The second-order valence-corrected chi connectivity index (χ2v) is 5.65. The van der Waals surface area contributed by atoms with Gasteiger partial charge in [0.1, 0.15) is 11.0 Å². The summed E-state index contributed by atoms with van der Waals surface area (Å²) >= 11 is 6.44. The topological polar surface area (TPSA) is 38.7 Å². The molecule has 0 unspecified atom stereocenters. The predicted octanol–water partition coefficient (Wildman–Crippen LogP) is 4.15. The molecule has 1 fully saturated rings. The average Bonchev–Trinajstić information content (AvgIpc) is 3.03. The predicted molar refractivity (Wildman–Crippen MR) is 65.1 cm³/mol. The number of aromatic nitrogens is 3. The lowest BCUT2D eigenvalue weighted by molar-refractivity contribution is -0.137. The summed E-state index contributed by atoms with van der Waals surface area (Å²) in [5, 5.41) is -0.640. The van der Waals surface area contributed by atoms with Gasteiger partial charge in [-0.2, -0.15) is 13.2 Å². The van der Waals surface area contributed by atoms with Crippen molar-refractivity contribution in [3.63, 3.8) is 0 Å². The Balaban J connectivity index is 1.99. The molecule has 0 atom stereocenters. The van der Waals surface area contributed by atoms with Crippen LogP contribution in [-0.4, -0.2) is 15.0 Å². The molecule has 100 valence electrons. The maximum Gasteiger partial charge on any atom is 0.443 e. The van der Waals surface area contributed by atoms with Gasteiger partial charge in [-0.05, 0) is 12.8 Å². The number of halogens is 4. The van der Waals surface area contributed by atoms with E-state index in [9.17, 15) is 13.2 Å². The van der Waals surface area contributed by atoms with Gasteiger partial charge in [0.25, 0.3) is 0 Å². The Morgan fingerprint density at radius 2 is 2.00 bits per heavy atom. The molecule has 8 heteroatoms. The zero-order valence-corrected chi connectivity index (χ0v) is 11.0. The van der Waals surface area contributed by atoms with Gasteiger partial charge in [-0.3, -0.25) is 0 Å². The molecule has 0 bridgehead atoms. The van der Waals surface area contributed by atoms with Crippen LogP contribution in [0.3, 0.4) is 0 Å². The van der Waals surface area contributed by atoms with Gasteiger partial charge in [-0.25, -0.2) is 15.0 Å². The third kappa shape index (κ3) is 2.71. The van der Waals surface area contributed by atoms with E-state index < -0.39 is 11.2 Å². The summed E-state index contributed by atoms with van der Waals surface area (Å²) < 4.78 is 37.5. The Bertz CT molecular complexity index is 622.